The van der Waals surface area contributed by atoms with Crippen LogP contribution in [0.2, 0.25) is 0 Å². The lowest BCUT2D eigenvalue weighted by Crippen LogP contribution is -2.35. The van der Waals surface area contributed by atoms with Gasteiger partial charge in [-0.3, -0.25) is 0 Å². The first kappa shape index (κ1) is 16.2. The molecule has 1 aromatic rings. The van der Waals surface area contributed by atoms with Crippen molar-refractivity contribution in [2.45, 2.75) is 27.2 Å². The molecule has 19 heavy (non-hydrogen) atoms. The normalized spacial score (nSPS) is 13.2. The molecule has 0 fully saturated rings. The molecule has 0 aromatic heterocycles. The van der Waals surface area contributed by atoms with E-state index in [1.54, 1.807) is 0 Å². The van der Waals surface area contributed by atoms with Crippen molar-refractivity contribution >= 4 is 0 Å². The number of nitrogens with zero attached hydrogens (tertiary/aromatic N) is 1. The maximum absolute atomic E-state index is 3.31. The van der Waals surface area contributed by atoms with Crippen molar-refractivity contribution < 1.29 is 0 Å². The third-order valence-corrected chi connectivity index (χ3v) is 3.82. The van der Waals surface area contributed by atoms with E-state index < -0.39 is 0 Å². The van der Waals surface area contributed by atoms with Crippen molar-refractivity contribution in [3.8, 4) is 0 Å². The maximum atomic E-state index is 3.31. The second-order valence-corrected chi connectivity index (χ2v) is 6.06. The van der Waals surface area contributed by atoms with Gasteiger partial charge in [-0.2, -0.15) is 0 Å². The van der Waals surface area contributed by atoms with Crippen LogP contribution in [0, 0.1) is 18.8 Å². The lowest BCUT2D eigenvalue weighted by molar-refractivity contribution is 0.235. The average molecular weight is 262 g/mol. The largest absolute Gasteiger partial charge is 0.319 e. The van der Waals surface area contributed by atoms with Gasteiger partial charge in [-0.05, 0) is 51.4 Å². The minimum atomic E-state index is 0.729. The summed E-state index contributed by atoms with van der Waals surface area (Å²) in [6.07, 6.45) is 1.14. The standard InChI is InChI=1S/C17H30N2/c1-14(2)17(12-18-4)13-19(5)10-9-16-8-6-7-15(3)11-16/h6-8,11,14,17-18H,9-10,12-13H2,1-5H3. The zero-order chi connectivity index (χ0) is 14.3. The van der Waals surface area contributed by atoms with Crippen LogP contribution in [0.3, 0.4) is 0 Å². The Bertz CT molecular complexity index is 360. The summed E-state index contributed by atoms with van der Waals surface area (Å²) >= 11 is 0. The molecule has 0 spiro atoms. The van der Waals surface area contributed by atoms with Crippen LogP contribution in [0.5, 0.6) is 0 Å². The van der Waals surface area contributed by atoms with Crippen LogP contribution in [-0.4, -0.2) is 38.6 Å². The zero-order valence-electron chi connectivity index (χ0n) is 13.2. The summed E-state index contributed by atoms with van der Waals surface area (Å²) in [5, 5.41) is 3.31. The molecule has 0 saturated heterocycles. The summed E-state index contributed by atoms with van der Waals surface area (Å²) in [7, 11) is 4.28. The highest BCUT2D eigenvalue weighted by molar-refractivity contribution is 5.22. The van der Waals surface area contributed by atoms with Gasteiger partial charge in [-0.15, -0.1) is 0 Å². The molecule has 0 aliphatic heterocycles. The highest BCUT2D eigenvalue weighted by Gasteiger charge is 2.14. The molecule has 0 saturated carbocycles. The molecule has 2 heteroatoms. The minimum Gasteiger partial charge on any atom is -0.319 e. The van der Waals surface area contributed by atoms with Gasteiger partial charge in [0.2, 0.25) is 0 Å². The summed E-state index contributed by atoms with van der Waals surface area (Å²) in [5.41, 5.74) is 2.80. The van der Waals surface area contributed by atoms with Gasteiger partial charge in [-0.25, -0.2) is 0 Å². The Morgan fingerprint density at radius 1 is 1.26 bits per heavy atom. The van der Waals surface area contributed by atoms with Gasteiger partial charge in [0.15, 0.2) is 0 Å². The number of likely N-dealkylation sites (N-methyl/N-ethyl adjacent to an activating group) is 1. The lowest BCUT2D eigenvalue weighted by Gasteiger charge is -2.26. The molecule has 0 radical (unpaired) electrons. The van der Waals surface area contributed by atoms with Crippen molar-refractivity contribution in [3.05, 3.63) is 35.4 Å². The van der Waals surface area contributed by atoms with Gasteiger partial charge in [0.25, 0.3) is 0 Å². The third kappa shape index (κ3) is 6.22. The van der Waals surface area contributed by atoms with E-state index >= 15 is 0 Å². The van der Waals surface area contributed by atoms with Gasteiger partial charge in [0.1, 0.15) is 0 Å². The predicted octanol–water partition coefficient (Wildman–Crippen LogP) is 2.96. The van der Waals surface area contributed by atoms with E-state index in [2.05, 4.69) is 62.3 Å². The minimum absolute atomic E-state index is 0.729. The Kier molecular flexibility index (Phi) is 7.11. The number of aryl methyl sites for hydroxylation is 1. The first-order valence-corrected chi connectivity index (χ1v) is 7.41. The summed E-state index contributed by atoms with van der Waals surface area (Å²) < 4.78 is 0. The highest BCUT2D eigenvalue weighted by Crippen LogP contribution is 2.12. The van der Waals surface area contributed by atoms with Crippen LogP contribution in [0.25, 0.3) is 0 Å². The SMILES string of the molecule is CNCC(CN(C)CCc1cccc(C)c1)C(C)C. The molecule has 1 atom stereocenters. The second-order valence-electron chi connectivity index (χ2n) is 6.06. The van der Waals surface area contributed by atoms with Gasteiger partial charge < -0.3 is 10.2 Å². The molecule has 0 aliphatic rings. The first-order valence-electron chi connectivity index (χ1n) is 7.41. The quantitative estimate of drug-likeness (QED) is 0.775. The summed E-state index contributed by atoms with van der Waals surface area (Å²) in [4.78, 5) is 2.46. The van der Waals surface area contributed by atoms with Crippen LogP contribution >= 0.6 is 0 Å². The molecule has 2 nitrogen and oxygen atoms in total. The number of benzene rings is 1. The van der Waals surface area contributed by atoms with E-state index in [1.165, 1.54) is 17.7 Å². The molecule has 0 heterocycles. The van der Waals surface area contributed by atoms with E-state index in [-0.39, 0.29) is 0 Å². The molecule has 1 rings (SSSR count). The Balaban J connectivity index is 2.40. The van der Waals surface area contributed by atoms with Crippen LogP contribution in [0.4, 0.5) is 0 Å². The molecule has 1 unspecified atom stereocenters. The molecule has 1 N–H and O–H groups in total. The fourth-order valence-corrected chi connectivity index (χ4v) is 2.45. The monoisotopic (exact) mass is 262 g/mol. The predicted molar refractivity (Wildman–Crippen MR) is 84.6 cm³/mol. The second kappa shape index (κ2) is 8.34. The van der Waals surface area contributed by atoms with Crippen molar-refractivity contribution in [1.82, 2.24) is 10.2 Å². The Hall–Kier alpha value is -0.860. The topological polar surface area (TPSA) is 15.3 Å². The van der Waals surface area contributed by atoms with Crippen LogP contribution in [0.1, 0.15) is 25.0 Å². The van der Waals surface area contributed by atoms with Crippen molar-refractivity contribution in [3.63, 3.8) is 0 Å². The van der Waals surface area contributed by atoms with Crippen molar-refractivity contribution in [1.29, 1.82) is 0 Å². The molecular weight excluding hydrogens is 232 g/mol. The first-order chi connectivity index (χ1) is 9.02. The van der Waals surface area contributed by atoms with Gasteiger partial charge >= 0.3 is 0 Å². The Morgan fingerprint density at radius 2 is 2.00 bits per heavy atom. The van der Waals surface area contributed by atoms with E-state index in [9.17, 15) is 0 Å². The summed E-state index contributed by atoms with van der Waals surface area (Å²) in [6.45, 7) is 10.2. The molecular formula is C17H30N2. The number of hydrogen-bond donors (Lipinski definition) is 1. The third-order valence-electron chi connectivity index (χ3n) is 3.82. The van der Waals surface area contributed by atoms with Gasteiger partial charge in [-0.1, -0.05) is 43.7 Å². The fraction of sp³-hybridized carbons (Fsp3) is 0.647. The molecule has 0 amide bonds. The molecule has 108 valence electrons. The van der Waals surface area contributed by atoms with Crippen LogP contribution in [0.15, 0.2) is 24.3 Å². The molecule has 1 aromatic carbocycles. The smallest absolute Gasteiger partial charge is 0.00213 e. The summed E-state index contributed by atoms with van der Waals surface area (Å²) in [6, 6.07) is 8.84. The van der Waals surface area contributed by atoms with Crippen molar-refractivity contribution in [2.75, 3.05) is 33.7 Å². The zero-order valence-corrected chi connectivity index (χ0v) is 13.2. The van der Waals surface area contributed by atoms with E-state index in [0.29, 0.717) is 0 Å². The maximum Gasteiger partial charge on any atom is 0.00213 e. The van der Waals surface area contributed by atoms with Crippen LogP contribution < -0.4 is 5.32 Å². The number of nitrogens with one attached hydrogen (secondary N) is 1. The van der Waals surface area contributed by atoms with Crippen molar-refractivity contribution in [2.24, 2.45) is 11.8 Å². The van der Waals surface area contributed by atoms with E-state index in [4.69, 9.17) is 0 Å². The van der Waals surface area contributed by atoms with E-state index in [1.807, 2.05) is 7.05 Å². The fourth-order valence-electron chi connectivity index (χ4n) is 2.45. The summed E-state index contributed by atoms with van der Waals surface area (Å²) in [5.74, 6) is 1.46. The Labute approximate surface area is 119 Å². The average Bonchev–Trinajstić information content (AvgIpc) is 2.36. The number of hydrogen-bond acceptors (Lipinski definition) is 2. The highest BCUT2D eigenvalue weighted by atomic mass is 15.1. The molecule has 0 aliphatic carbocycles. The number of rotatable bonds is 8. The van der Waals surface area contributed by atoms with Gasteiger partial charge in [0.05, 0.1) is 0 Å². The molecule has 0 bridgehead atoms. The van der Waals surface area contributed by atoms with Crippen LogP contribution in [-0.2, 0) is 6.42 Å². The van der Waals surface area contributed by atoms with Gasteiger partial charge in [0, 0.05) is 13.1 Å². The van der Waals surface area contributed by atoms with E-state index in [0.717, 1.165) is 31.3 Å². The Morgan fingerprint density at radius 3 is 2.58 bits per heavy atom. The lowest BCUT2D eigenvalue weighted by atomic mass is 9.95.